The number of carbonyl (C=O) groups is 2. The van der Waals surface area contributed by atoms with Crippen molar-refractivity contribution in [2.75, 3.05) is 50.5 Å². The number of unbranched alkanes of at least 4 members (excludes halogenated alkanes) is 1. The Morgan fingerprint density at radius 1 is 1.08 bits per heavy atom. The molecule has 1 fully saturated rings. The van der Waals surface area contributed by atoms with E-state index in [9.17, 15) is 9.59 Å². The van der Waals surface area contributed by atoms with E-state index in [2.05, 4.69) is 29.8 Å². The van der Waals surface area contributed by atoms with E-state index in [1.165, 1.54) is 23.7 Å². The molecule has 0 spiro atoms. The van der Waals surface area contributed by atoms with Gasteiger partial charge in [-0.2, -0.15) is 0 Å². The largest absolute Gasteiger partial charge is 0.494 e. The van der Waals surface area contributed by atoms with Crippen LogP contribution in [0.5, 0.6) is 5.75 Å². The number of anilines is 1. The Labute approximate surface area is 220 Å². The zero-order valence-electron chi connectivity index (χ0n) is 21.0. The van der Waals surface area contributed by atoms with E-state index >= 15 is 0 Å². The van der Waals surface area contributed by atoms with Gasteiger partial charge in [0.1, 0.15) is 16.4 Å². The fourth-order valence-corrected chi connectivity index (χ4v) is 5.62. The normalized spacial score (nSPS) is 13.8. The molecule has 4 rings (SSSR count). The highest BCUT2D eigenvalue weighted by Gasteiger charge is 2.25. The summed E-state index contributed by atoms with van der Waals surface area (Å²) in [4.78, 5) is 40.5. The number of ether oxygens (including phenoxy) is 2. The molecule has 8 nitrogen and oxygen atoms in total. The summed E-state index contributed by atoms with van der Waals surface area (Å²) in [6, 6.07) is 9.57. The molecule has 192 valence electrons. The van der Waals surface area contributed by atoms with Crippen molar-refractivity contribution in [1.29, 1.82) is 0 Å². The summed E-state index contributed by atoms with van der Waals surface area (Å²) in [6.45, 7) is 7.50. The van der Waals surface area contributed by atoms with Gasteiger partial charge < -0.3 is 19.3 Å². The molecular formula is C26H32N4O4S2. The molecule has 0 unspecified atom stereocenters. The first-order chi connectivity index (χ1) is 17.5. The Hall–Kier alpha value is -2.85. The van der Waals surface area contributed by atoms with Gasteiger partial charge in [0.15, 0.2) is 5.16 Å². The number of benzene rings is 1. The first-order valence-electron chi connectivity index (χ1n) is 12.3. The molecule has 0 N–H and O–H groups in total. The SMILES string of the molecule is CCCCOc1ccc(C(=O)N2CCN(c3nc(SCC(=O)OC)nc4sc(CC)cc34)CC2)cc1. The number of amides is 1. The van der Waals surface area contributed by atoms with Crippen LogP contribution in [-0.4, -0.2) is 72.4 Å². The quantitative estimate of drug-likeness (QED) is 0.163. The molecule has 0 bridgehead atoms. The van der Waals surface area contributed by atoms with E-state index in [4.69, 9.17) is 14.5 Å². The van der Waals surface area contributed by atoms with Gasteiger partial charge in [-0.05, 0) is 43.2 Å². The fourth-order valence-electron chi connectivity index (χ4n) is 3.93. The first kappa shape index (κ1) is 26.2. The van der Waals surface area contributed by atoms with Crippen LogP contribution in [0, 0.1) is 0 Å². The van der Waals surface area contributed by atoms with Gasteiger partial charge in [-0.1, -0.05) is 32.0 Å². The number of aromatic nitrogens is 2. The van der Waals surface area contributed by atoms with Crippen LogP contribution in [-0.2, 0) is 16.0 Å². The summed E-state index contributed by atoms with van der Waals surface area (Å²) >= 11 is 2.94. The maximum atomic E-state index is 13.1. The molecule has 1 aromatic carbocycles. The van der Waals surface area contributed by atoms with Gasteiger partial charge in [0.25, 0.3) is 5.91 Å². The lowest BCUT2D eigenvalue weighted by Crippen LogP contribution is -2.49. The van der Waals surface area contributed by atoms with Crippen molar-refractivity contribution in [3.8, 4) is 5.75 Å². The Bertz CT molecular complexity index is 1190. The lowest BCUT2D eigenvalue weighted by molar-refractivity contribution is -0.137. The second-order valence-electron chi connectivity index (χ2n) is 8.49. The van der Waals surface area contributed by atoms with Crippen molar-refractivity contribution in [2.24, 2.45) is 0 Å². The number of thiophene rings is 1. The van der Waals surface area contributed by atoms with Crippen LogP contribution in [0.2, 0.25) is 0 Å². The number of fused-ring (bicyclic) bond motifs is 1. The second kappa shape index (κ2) is 12.4. The summed E-state index contributed by atoms with van der Waals surface area (Å²) in [5.74, 6) is 1.54. The van der Waals surface area contributed by atoms with Crippen molar-refractivity contribution in [1.82, 2.24) is 14.9 Å². The lowest BCUT2D eigenvalue weighted by atomic mass is 10.1. The molecule has 1 amide bonds. The number of nitrogens with zero attached hydrogens (tertiary/aromatic N) is 4. The average molecular weight is 529 g/mol. The molecule has 1 saturated heterocycles. The zero-order chi connectivity index (χ0) is 25.5. The molecule has 1 aliphatic heterocycles. The van der Waals surface area contributed by atoms with E-state index in [1.54, 1.807) is 11.3 Å². The van der Waals surface area contributed by atoms with Gasteiger partial charge in [-0.15, -0.1) is 11.3 Å². The number of rotatable bonds is 10. The molecule has 0 atom stereocenters. The molecule has 0 aliphatic carbocycles. The van der Waals surface area contributed by atoms with Crippen LogP contribution in [0.4, 0.5) is 5.82 Å². The second-order valence-corrected chi connectivity index (χ2v) is 10.5. The summed E-state index contributed by atoms with van der Waals surface area (Å²) in [5.41, 5.74) is 0.669. The maximum absolute atomic E-state index is 13.1. The first-order valence-corrected chi connectivity index (χ1v) is 14.1. The van der Waals surface area contributed by atoms with Crippen molar-refractivity contribution in [2.45, 2.75) is 38.3 Å². The smallest absolute Gasteiger partial charge is 0.316 e. The maximum Gasteiger partial charge on any atom is 0.316 e. The van der Waals surface area contributed by atoms with E-state index in [0.29, 0.717) is 43.5 Å². The van der Waals surface area contributed by atoms with Gasteiger partial charge in [0, 0.05) is 36.6 Å². The van der Waals surface area contributed by atoms with Crippen molar-refractivity contribution < 1.29 is 19.1 Å². The predicted molar refractivity (Wildman–Crippen MR) is 144 cm³/mol. The number of hydrogen-bond donors (Lipinski definition) is 0. The summed E-state index contributed by atoms with van der Waals surface area (Å²) in [5, 5.41) is 1.59. The van der Waals surface area contributed by atoms with Gasteiger partial charge in [0.05, 0.1) is 24.9 Å². The van der Waals surface area contributed by atoms with Crippen LogP contribution >= 0.6 is 23.1 Å². The number of thioether (sulfide) groups is 1. The summed E-state index contributed by atoms with van der Waals surface area (Å²) < 4.78 is 10.5. The fraction of sp³-hybridized carbons (Fsp3) is 0.462. The van der Waals surface area contributed by atoms with Crippen LogP contribution in [0.1, 0.15) is 41.9 Å². The third-order valence-corrected chi connectivity index (χ3v) is 8.03. The number of aryl methyl sites for hydroxylation is 1. The standard InChI is InChI=1S/C26H32N4O4S2/c1-4-6-15-34-19-9-7-18(8-10-19)25(32)30-13-11-29(12-14-30)23-21-16-20(5-2)36-24(21)28-26(27-23)35-17-22(31)33-3/h7-10,16H,4-6,11-15,17H2,1-3H3. The van der Waals surface area contributed by atoms with Gasteiger partial charge in [-0.25, -0.2) is 9.97 Å². The minimum absolute atomic E-state index is 0.0284. The highest BCUT2D eigenvalue weighted by molar-refractivity contribution is 7.99. The molecule has 3 aromatic rings. The van der Waals surface area contributed by atoms with E-state index in [1.807, 2.05) is 29.2 Å². The van der Waals surface area contributed by atoms with E-state index in [0.717, 1.165) is 41.0 Å². The Balaban J connectivity index is 1.44. The zero-order valence-corrected chi connectivity index (χ0v) is 22.6. The lowest BCUT2D eigenvalue weighted by Gasteiger charge is -2.35. The number of carbonyl (C=O) groups excluding carboxylic acids is 2. The minimum atomic E-state index is -0.307. The van der Waals surface area contributed by atoms with Crippen molar-refractivity contribution in [3.05, 3.63) is 40.8 Å². The molecular weight excluding hydrogens is 496 g/mol. The summed E-state index contributed by atoms with van der Waals surface area (Å²) in [6.07, 6.45) is 3.03. The predicted octanol–water partition coefficient (Wildman–Crippen LogP) is 4.66. The number of methoxy groups -OCH3 is 1. The van der Waals surface area contributed by atoms with Gasteiger partial charge in [-0.3, -0.25) is 9.59 Å². The van der Waals surface area contributed by atoms with Crippen LogP contribution in [0.25, 0.3) is 10.2 Å². The average Bonchev–Trinajstić information content (AvgIpc) is 3.35. The molecule has 3 heterocycles. The van der Waals surface area contributed by atoms with Crippen LogP contribution < -0.4 is 9.64 Å². The molecule has 0 saturated carbocycles. The Morgan fingerprint density at radius 3 is 2.50 bits per heavy atom. The highest BCUT2D eigenvalue weighted by atomic mass is 32.2. The van der Waals surface area contributed by atoms with E-state index in [-0.39, 0.29) is 17.6 Å². The molecule has 1 aliphatic rings. The molecule has 10 heteroatoms. The van der Waals surface area contributed by atoms with Gasteiger partial charge >= 0.3 is 5.97 Å². The number of esters is 1. The third kappa shape index (κ3) is 6.28. The third-order valence-electron chi connectivity index (χ3n) is 6.03. The van der Waals surface area contributed by atoms with Crippen molar-refractivity contribution >= 4 is 51.0 Å². The van der Waals surface area contributed by atoms with Crippen LogP contribution in [0.15, 0.2) is 35.5 Å². The highest BCUT2D eigenvalue weighted by Crippen LogP contribution is 2.34. The summed E-state index contributed by atoms with van der Waals surface area (Å²) in [7, 11) is 1.38. The van der Waals surface area contributed by atoms with E-state index < -0.39 is 0 Å². The topological polar surface area (TPSA) is 84.9 Å². The number of hydrogen-bond acceptors (Lipinski definition) is 9. The number of piperazine rings is 1. The Kier molecular flexibility index (Phi) is 9.03. The minimum Gasteiger partial charge on any atom is -0.494 e. The van der Waals surface area contributed by atoms with Crippen LogP contribution in [0.3, 0.4) is 0 Å². The molecule has 0 radical (unpaired) electrons. The monoisotopic (exact) mass is 528 g/mol. The molecule has 36 heavy (non-hydrogen) atoms. The Morgan fingerprint density at radius 2 is 1.83 bits per heavy atom. The van der Waals surface area contributed by atoms with Gasteiger partial charge in [0.2, 0.25) is 0 Å². The molecule has 2 aromatic heterocycles. The van der Waals surface area contributed by atoms with Crippen molar-refractivity contribution in [3.63, 3.8) is 0 Å².